The summed E-state index contributed by atoms with van der Waals surface area (Å²) in [5, 5.41) is 12.6. The van der Waals surface area contributed by atoms with Gasteiger partial charge in [-0.1, -0.05) is 12.2 Å². The molecule has 0 unspecified atom stereocenters. The number of thioether (sulfide) groups is 2. The molecule has 18 heteroatoms. The number of hydrogen-bond donors (Lipinski definition) is 4. The fraction of sp³-hybridized carbons (Fsp3) is 0.833. The maximum Gasteiger partial charge on any atom is 0.230 e. The highest BCUT2D eigenvalue weighted by Crippen LogP contribution is 2.12. The third-order valence-corrected chi connectivity index (χ3v) is 6.67. The molecule has 0 saturated carbocycles. The summed E-state index contributed by atoms with van der Waals surface area (Å²) >= 11 is 2.96. The molecular formula is C24H46N8O8S2+2. The zero-order chi connectivity index (χ0) is 30.8. The van der Waals surface area contributed by atoms with E-state index in [0.717, 1.165) is 5.57 Å². The van der Waals surface area contributed by atoms with E-state index in [0.29, 0.717) is 128 Å². The van der Waals surface area contributed by atoms with Gasteiger partial charge in [0.2, 0.25) is 21.6 Å². The second-order valence-corrected chi connectivity index (χ2v) is 10.0. The van der Waals surface area contributed by atoms with Crippen molar-refractivity contribution in [2.24, 2.45) is 10.2 Å². The Morgan fingerprint density at radius 1 is 0.571 bits per heavy atom. The van der Waals surface area contributed by atoms with Gasteiger partial charge in [0.1, 0.15) is 34.4 Å². The first-order chi connectivity index (χ1) is 20.6. The molecule has 42 heavy (non-hydrogen) atoms. The normalized spacial score (nSPS) is 10.5. The van der Waals surface area contributed by atoms with E-state index in [9.17, 15) is 9.59 Å². The number of carbonyl (C=O) groups is 2. The van der Waals surface area contributed by atoms with Crippen molar-refractivity contribution in [2.45, 2.75) is 0 Å². The fourth-order valence-corrected chi connectivity index (χ4v) is 4.33. The molecule has 0 fully saturated rings. The number of nitrogens with zero attached hydrogens (tertiary/aromatic N) is 4. The van der Waals surface area contributed by atoms with Crippen molar-refractivity contribution in [1.29, 1.82) is 11.1 Å². The summed E-state index contributed by atoms with van der Waals surface area (Å²) in [5.41, 5.74) is 14.0. The monoisotopic (exact) mass is 638 g/mol. The quantitative estimate of drug-likeness (QED) is 0.0345. The van der Waals surface area contributed by atoms with E-state index in [1.807, 2.05) is 0 Å². The number of rotatable bonds is 32. The molecule has 0 aromatic heterocycles. The highest BCUT2D eigenvalue weighted by Gasteiger charge is 2.05. The van der Waals surface area contributed by atoms with Crippen LogP contribution < -0.4 is 20.5 Å². The second-order valence-electron chi connectivity index (χ2n) is 8.04. The molecule has 2 amide bonds. The van der Waals surface area contributed by atoms with Crippen molar-refractivity contribution < 1.29 is 38.0 Å². The summed E-state index contributed by atoms with van der Waals surface area (Å²) in [4.78, 5) is 29.6. The lowest BCUT2D eigenvalue weighted by atomic mass is 10.4. The fourth-order valence-electron chi connectivity index (χ4n) is 2.64. The van der Waals surface area contributed by atoms with Crippen molar-refractivity contribution in [3.05, 3.63) is 12.2 Å². The predicted octanol–water partition coefficient (Wildman–Crippen LogP) is 0.442. The third kappa shape index (κ3) is 32.3. The largest absolute Gasteiger partial charge is 0.377 e. The lowest BCUT2D eigenvalue weighted by molar-refractivity contribution is -0.119. The van der Waals surface area contributed by atoms with Gasteiger partial charge in [0.05, 0.1) is 90.8 Å². The van der Waals surface area contributed by atoms with Crippen LogP contribution in [0.25, 0.3) is 0 Å². The molecule has 0 aliphatic heterocycles. The Morgan fingerprint density at radius 2 is 0.905 bits per heavy atom. The first-order valence-corrected chi connectivity index (χ1v) is 15.8. The number of hydrogen-bond acceptors (Lipinski definition) is 14. The molecule has 0 aliphatic carbocycles. The van der Waals surface area contributed by atoms with Crippen LogP contribution in [0.15, 0.2) is 22.4 Å². The van der Waals surface area contributed by atoms with Crippen LogP contribution in [0.1, 0.15) is 0 Å². The van der Waals surface area contributed by atoms with Crippen LogP contribution in [-0.4, -0.2) is 140 Å². The predicted molar refractivity (Wildman–Crippen MR) is 159 cm³/mol. The van der Waals surface area contributed by atoms with E-state index in [2.05, 4.69) is 37.3 Å². The first kappa shape index (κ1) is 39.8. The average molecular weight is 639 g/mol. The molecule has 0 aromatic rings. The van der Waals surface area contributed by atoms with E-state index < -0.39 is 0 Å². The molecule has 16 nitrogen and oxygen atoms in total. The summed E-state index contributed by atoms with van der Waals surface area (Å²) < 4.78 is 32.0. The molecule has 0 saturated heterocycles. The third-order valence-electron chi connectivity index (χ3n) is 4.52. The molecule has 0 rings (SSSR count). The van der Waals surface area contributed by atoms with Crippen LogP contribution in [0, 0.1) is 11.1 Å². The Balaban J connectivity index is 3.41. The van der Waals surface area contributed by atoms with Gasteiger partial charge in [-0.05, 0) is 0 Å². The van der Waals surface area contributed by atoms with Crippen LogP contribution in [0.2, 0.25) is 0 Å². The molecule has 4 N–H and O–H groups in total. The van der Waals surface area contributed by atoms with Crippen molar-refractivity contribution in [3.63, 3.8) is 0 Å². The average Bonchev–Trinajstić information content (AvgIpc) is 2.98. The van der Waals surface area contributed by atoms with Gasteiger partial charge in [-0.3, -0.25) is 9.59 Å². The van der Waals surface area contributed by atoms with E-state index in [4.69, 9.17) is 39.5 Å². The minimum Gasteiger partial charge on any atom is -0.377 e. The maximum atomic E-state index is 11.9. The minimum absolute atomic E-state index is 0.0645. The number of ether oxygens (including phenoxy) is 6. The summed E-state index contributed by atoms with van der Waals surface area (Å²) in [6.45, 7) is 10.7. The van der Waals surface area contributed by atoms with Gasteiger partial charge in [0.25, 0.3) is 0 Å². The van der Waals surface area contributed by atoms with Crippen LogP contribution in [-0.2, 0) is 38.0 Å². The van der Waals surface area contributed by atoms with E-state index in [1.54, 1.807) is 0 Å². The van der Waals surface area contributed by atoms with Gasteiger partial charge in [-0.15, -0.1) is 23.5 Å². The van der Waals surface area contributed by atoms with Gasteiger partial charge in [0, 0.05) is 24.6 Å². The van der Waals surface area contributed by atoms with Gasteiger partial charge in [-0.2, -0.15) is 0 Å². The van der Waals surface area contributed by atoms with E-state index in [1.165, 1.54) is 23.5 Å². The van der Waals surface area contributed by atoms with Crippen LogP contribution in [0.3, 0.4) is 0 Å². The highest BCUT2D eigenvalue weighted by molar-refractivity contribution is 8.01. The van der Waals surface area contributed by atoms with E-state index in [-0.39, 0.29) is 11.8 Å². The number of nitrogens with one attached hydrogen (secondary N) is 4. The summed E-state index contributed by atoms with van der Waals surface area (Å²) in [6.07, 6.45) is 0. The van der Waals surface area contributed by atoms with Crippen LogP contribution in [0.5, 0.6) is 0 Å². The number of amides is 2. The first-order valence-electron chi connectivity index (χ1n) is 13.5. The molecule has 0 aliphatic rings. The molecule has 0 aromatic carbocycles. The smallest absolute Gasteiger partial charge is 0.230 e. The lowest BCUT2D eigenvalue weighted by Crippen LogP contribution is -2.29. The van der Waals surface area contributed by atoms with Gasteiger partial charge in [0.15, 0.2) is 0 Å². The van der Waals surface area contributed by atoms with Crippen molar-refractivity contribution >= 4 is 35.3 Å². The second kappa shape index (κ2) is 33.3. The zero-order valence-electron chi connectivity index (χ0n) is 24.2. The highest BCUT2D eigenvalue weighted by atomic mass is 32.2. The standard InChI is InChI=1S/C24H44N8O8S2/c1-22(18-41-20-23(33)27-2-6-35-10-14-39-16-12-37-8-4-29-31-25)19-42-21-24(34)28-3-7-36-11-15-40-17-13-38-9-5-30-32-26/h25-26H,1-21H2/p+2. The van der Waals surface area contributed by atoms with Crippen LogP contribution in [0.4, 0.5) is 0 Å². The molecule has 0 spiro atoms. The molecule has 0 radical (unpaired) electrons. The van der Waals surface area contributed by atoms with Gasteiger partial charge >= 0.3 is 0 Å². The molecule has 240 valence electrons. The topological polar surface area (TPSA) is 214 Å². The SMILES string of the molecule is C=C(CSCC(=O)NCCOCCOCCOCCN=[N+]=N)CSCC(=O)NCCOCCOCCOCCN=[N+]=N. The minimum atomic E-state index is -0.0645. The Bertz CT molecular complexity index is 740. The van der Waals surface area contributed by atoms with E-state index >= 15 is 0 Å². The molecular weight excluding hydrogens is 592 g/mol. The van der Waals surface area contributed by atoms with Gasteiger partial charge in [-0.25, -0.2) is 0 Å². The maximum absolute atomic E-state index is 11.9. The van der Waals surface area contributed by atoms with Gasteiger partial charge < -0.3 is 39.1 Å². The lowest BCUT2D eigenvalue weighted by Gasteiger charge is -2.09. The summed E-state index contributed by atoms with van der Waals surface area (Å²) in [7, 11) is 0. The number of carbonyl (C=O) groups excluding carboxylic acids is 2. The summed E-state index contributed by atoms with van der Waals surface area (Å²) in [5.74, 6) is 1.82. The van der Waals surface area contributed by atoms with Crippen molar-refractivity contribution in [2.75, 3.05) is 128 Å². The summed E-state index contributed by atoms with van der Waals surface area (Å²) in [6, 6.07) is 0. The Labute approximate surface area is 255 Å². The Kier molecular flexibility index (Phi) is 31.5. The molecule has 0 atom stereocenters. The van der Waals surface area contributed by atoms with Crippen LogP contribution >= 0.6 is 23.5 Å². The van der Waals surface area contributed by atoms with Crippen molar-refractivity contribution in [1.82, 2.24) is 20.5 Å². The Hall–Kier alpha value is -2.24. The Morgan fingerprint density at radius 3 is 1.26 bits per heavy atom. The van der Waals surface area contributed by atoms with Crippen molar-refractivity contribution in [3.8, 4) is 0 Å². The molecule has 0 heterocycles. The molecule has 0 bridgehead atoms. The zero-order valence-corrected chi connectivity index (χ0v) is 25.9.